The number of aromatic nitrogens is 3. The maximum absolute atomic E-state index is 13.3. The van der Waals surface area contributed by atoms with E-state index in [4.69, 9.17) is 11.6 Å². The lowest BCUT2D eigenvalue weighted by Crippen LogP contribution is -2.45. The van der Waals surface area contributed by atoms with E-state index in [0.717, 1.165) is 33.5 Å². The molecule has 2 N–H and O–H groups in total. The number of pyridine rings is 1. The van der Waals surface area contributed by atoms with Crippen LogP contribution in [-0.4, -0.2) is 25.2 Å². The molecule has 3 rings (SSSR count). The van der Waals surface area contributed by atoms with Crippen LogP contribution in [0.3, 0.4) is 0 Å². The van der Waals surface area contributed by atoms with Crippen molar-refractivity contribution in [2.45, 2.75) is 33.1 Å². The number of hydrogen-bond acceptors (Lipinski definition) is 5. The van der Waals surface area contributed by atoms with Gasteiger partial charge in [-0.15, -0.1) is 0 Å². The van der Waals surface area contributed by atoms with Gasteiger partial charge in [-0.1, -0.05) is 23.7 Å². The number of halogens is 4. The molecule has 1 aromatic carbocycles. The Hall–Kier alpha value is -3.60. The second-order valence-electron chi connectivity index (χ2n) is 8.19. The maximum Gasteiger partial charge on any atom is 0.416 e. The minimum atomic E-state index is -4.62. The summed E-state index contributed by atoms with van der Waals surface area (Å²) in [5.74, 6) is -1.55. The fourth-order valence-electron chi connectivity index (χ4n) is 3.06. The molecule has 0 aliphatic carbocycles. The minimum Gasteiger partial charge on any atom is -0.481 e. The number of carboxylic acid groups (broad SMARTS) is 1. The Bertz CT molecular complexity index is 1330. The topological polar surface area (TPSA) is 106 Å². The molecule has 0 amide bonds. The number of carboxylic acids is 1. The number of nitrogens with zero attached hydrogens (tertiary/aromatic N) is 3. The van der Waals surface area contributed by atoms with E-state index in [1.54, 1.807) is 24.3 Å². The minimum absolute atomic E-state index is 0.0783. The SMILES string of the molecule is CC(C)(Cn1c(=O)cc(Nc2cc(C(F)(F)F)ccn2)n(Cc2ccc(Cl)cc2)c1=O)C(=O)O. The predicted octanol–water partition coefficient (Wildman–Crippen LogP) is 3.98. The van der Waals surface area contributed by atoms with Crippen molar-refractivity contribution in [2.75, 3.05) is 5.32 Å². The number of alkyl halides is 3. The maximum atomic E-state index is 13.3. The molecule has 0 saturated heterocycles. The molecule has 8 nitrogen and oxygen atoms in total. The molecule has 0 aliphatic heterocycles. The van der Waals surface area contributed by atoms with Crippen LogP contribution in [0.5, 0.6) is 0 Å². The summed E-state index contributed by atoms with van der Waals surface area (Å²) in [5.41, 5.74) is -3.45. The molecule has 12 heteroatoms. The van der Waals surface area contributed by atoms with E-state index in [1.807, 2.05) is 0 Å². The van der Waals surface area contributed by atoms with E-state index in [1.165, 1.54) is 13.8 Å². The number of rotatable bonds is 7. The second kappa shape index (κ2) is 9.34. The van der Waals surface area contributed by atoms with Crippen molar-refractivity contribution in [3.63, 3.8) is 0 Å². The van der Waals surface area contributed by atoms with Gasteiger partial charge in [-0.05, 0) is 43.7 Å². The number of benzene rings is 1. The Morgan fingerprint density at radius 2 is 1.74 bits per heavy atom. The van der Waals surface area contributed by atoms with Crippen LogP contribution in [0.2, 0.25) is 5.02 Å². The molecular weight excluding hydrogens is 477 g/mol. The van der Waals surface area contributed by atoms with E-state index in [-0.39, 0.29) is 18.2 Å². The van der Waals surface area contributed by atoms with Gasteiger partial charge >= 0.3 is 17.8 Å². The standard InChI is InChI=1S/C22H20ClF3N4O4/c1-21(2,19(32)33)12-30-18(31)10-17(28-16-9-14(7-8-27-16)22(24,25)26)29(20(30)34)11-13-3-5-15(23)6-4-13/h3-10H,11-12H2,1-2H3,(H,27,28)(H,32,33). The highest BCUT2D eigenvalue weighted by Crippen LogP contribution is 2.30. The zero-order chi connectivity index (χ0) is 25.3. The number of nitrogens with one attached hydrogen (secondary N) is 1. The van der Waals surface area contributed by atoms with Crippen LogP contribution in [0.25, 0.3) is 0 Å². The van der Waals surface area contributed by atoms with E-state index >= 15 is 0 Å². The monoisotopic (exact) mass is 496 g/mol. The molecule has 0 atom stereocenters. The molecule has 2 aromatic heterocycles. The van der Waals surface area contributed by atoms with Crippen molar-refractivity contribution in [3.8, 4) is 0 Å². The van der Waals surface area contributed by atoms with Crippen molar-refractivity contribution in [1.82, 2.24) is 14.1 Å². The Labute approximate surface area is 196 Å². The summed E-state index contributed by atoms with van der Waals surface area (Å²) in [6, 6.07) is 9.00. The largest absolute Gasteiger partial charge is 0.481 e. The lowest BCUT2D eigenvalue weighted by molar-refractivity contribution is -0.147. The lowest BCUT2D eigenvalue weighted by atomic mass is 9.94. The molecule has 34 heavy (non-hydrogen) atoms. The van der Waals surface area contributed by atoms with Crippen LogP contribution in [-0.2, 0) is 24.1 Å². The first-order valence-electron chi connectivity index (χ1n) is 9.91. The van der Waals surface area contributed by atoms with Crippen LogP contribution < -0.4 is 16.6 Å². The molecular formula is C22H20ClF3N4O4. The lowest BCUT2D eigenvalue weighted by Gasteiger charge is -2.22. The first-order chi connectivity index (χ1) is 15.8. The molecule has 0 aliphatic rings. The number of hydrogen-bond donors (Lipinski definition) is 2. The number of anilines is 2. The Morgan fingerprint density at radius 1 is 1.09 bits per heavy atom. The summed E-state index contributed by atoms with van der Waals surface area (Å²) in [5, 5.41) is 12.5. The zero-order valence-corrected chi connectivity index (χ0v) is 18.8. The van der Waals surface area contributed by atoms with Crippen molar-refractivity contribution >= 4 is 29.2 Å². The van der Waals surface area contributed by atoms with Crippen molar-refractivity contribution in [1.29, 1.82) is 0 Å². The quantitative estimate of drug-likeness (QED) is 0.512. The molecule has 180 valence electrons. The van der Waals surface area contributed by atoms with E-state index in [2.05, 4.69) is 10.3 Å². The summed E-state index contributed by atoms with van der Waals surface area (Å²) in [6.07, 6.45) is -3.67. The number of aliphatic carboxylic acids is 1. The fraction of sp³-hybridized carbons (Fsp3) is 0.273. The van der Waals surface area contributed by atoms with Crippen LogP contribution in [0.4, 0.5) is 24.8 Å². The summed E-state index contributed by atoms with van der Waals surface area (Å²) in [6.45, 7) is 2.24. The molecule has 0 radical (unpaired) electrons. The average Bonchev–Trinajstić information content (AvgIpc) is 2.75. The van der Waals surface area contributed by atoms with Gasteiger partial charge in [0.25, 0.3) is 5.56 Å². The molecule has 0 spiro atoms. The van der Waals surface area contributed by atoms with E-state index < -0.39 is 40.9 Å². The highest BCUT2D eigenvalue weighted by molar-refractivity contribution is 6.30. The second-order valence-corrected chi connectivity index (χ2v) is 8.63. The highest BCUT2D eigenvalue weighted by atomic mass is 35.5. The van der Waals surface area contributed by atoms with Gasteiger partial charge in [0.15, 0.2) is 0 Å². The molecule has 0 saturated carbocycles. The van der Waals surface area contributed by atoms with Gasteiger partial charge in [-0.2, -0.15) is 13.2 Å². The molecule has 0 fully saturated rings. The van der Waals surface area contributed by atoms with E-state index in [9.17, 15) is 32.7 Å². The Balaban J connectivity index is 2.13. The summed E-state index contributed by atoms with van der Waals surface area (Å²) < 4.78 is 41.1. The van der Waals surface area contributed by atoms with Gasteiger partial charge in [0.2, 0.25) is 0 Å². The smallest absolute Gasteiger partial charge is 0.416 e. The van der Waals surface area contributed by atoms with Gasteiger partial charge < -0.3 is 10.4 Å². The predicted molar refractivity (Wildman–Crippen MR) is 119 cm³/mol. The number of carbonyl (C=O) groups is 1. The Morgan fingerprint density at radius 3 is 2.32 bits per heavy atom. The first kappa shape index (κ1) is 25.0. The Kier molecular flexibility index (Phi) is 6.87. The van der Waals surface area contributed by atoms with Crippen molar-refractivity contribution in [2.24, 2.45) is 5.41 Å². The van der Waals surface area contributed by atoms with Crippen LogP contribution in [0.15, 0.2) is 58.3 Å². The fourth-order valence-corrected chi connectivity index (χ4v) is 3.19. The van der Waals surface area contributed by atoms with Crippen LogP contribution >= 0.6 is 11.6 Å². The molecule has 0 unspecified atom stereocenters. The highest BCUT2D eigenvalue weighted by Gasteiger charge is 2.31. The van der Waals surface area contributed by atoms with Crippen LogP contribution in [0, 0.1) is 5.41 Å². The van der Waals surface area contributed by atoms with Gasteiger partial charge in [-0.25, -0.2) is 9.78 Å². The summed E-state index contributed by atoms with van der Waals surface area (Å²) >= 11 is 5.90. The summed E-state index contributed by atoms with van der Waals surface area (Å²) in [7, 11) is 0. The van der Waals surface area contributed by atoms with E-state index in [0.29, 0.717) is 10.6 Å². The molecule has 3 aromatic rings. The third kappa shape index (κ3) is 5.66. The zero-order valence-electron chi connectivity index (χ0n) is 18.1. The molecule has 0 bridgehead atoms. The van der Waals surface area contributed by atoms with Gasteiger partial charge in [-0.3, -0.25) is 18.7 Å². The normalized spacial score (nSPS) is 11.9. The van der Waals surface area contributed by atoms with Gasteiger partial charge in [0, 0.05) is 23.8 Å². The first-order valence-corrected chi connectivity index (χ1v) is 10.3. The van der Waals surface area contributed by atoms with Crippen LogP contribution in [0.1, 0.15) is 25.0 Å². The van der Waals surface area contributed by atoms with Gasteiger partial charge in [0.1, 0.15) is 11.6 Å². The average molecular weight is 497 g/mol. The van der Waals surface area contributed by atoms with Crippen molar-refractivity contribution in [3.05, 3.63) is 85.6 Å². The van der Waals surface area contributed by atoms with Crippen molar-refractivity contribution < 1.29 is 23.1 Å². The third-order valence-electron chi connectivity index (χ3n) is 5.01. The van der Waals surface area contributed by atoms with Gasteiger partial charge in [0.05, 0.1) is 17.5 Å². The third-order valence-corrected chi connectivity index (χ3v) is 5.26. The summed E-state index contributed by atoms with van der Waals surface area (Å²) in [4.78, 5) is 41.4. The molecule has 2 heterocycles.